The van der Waals surface area contributed by atoms with Crippen molar-refractivity contribution in [1.82, 2.24) is 15.2 Å². The second-order valence-corrected chi connectivity index (χ2v) is 10.7. The molecule has 3 unspecified atom stereocenters. The summed E-state index contributed by atoms with van der Waals surface area (Å²) in [6, 6.07) is 26.9. The number of nitrogens with one attached hydrogen (secondary N) is 2. The highest BCUT2D eigenvalue weighted by Crippen LogP contribution is 2.54. The number of fused-ring (bicyclic) bond motifs is 4. The highest BCUT2D eigenvalue weighted by molar-refractivity contribution is 5.85. The number of aromatic amines is 1. The van der Waals surface area contributed by atoms with Crippen molar-refractivity contribution in [2.75, 3.05) is 20.6 Å². The van der Waals surface area contributed by atoms with Crippen molar-refractivity contribution in [2.45, 2.75) is 43.2 Å². The van der Waals surface area contributed by atoms with Crippen LogP contribution in [-0.4, -0.2) is 30.5 Å². The SMILES string of the molecule is CN(C)C1(c2ccccc2)CCC2(NCCc3c2[nH]c2ccccc32)C(Cc2ccc(F)cc2)C1. The lowest BCUT2D eigenvalue weighted by Gasteiger charge is -2.56. The Hall–Kier alpha value is -2.95. The number of nitrogens with zero attached hydrogens (tertiary/aromatic N) is 1. The van der Waals surface area contributed by atoms with Crippen LogP contribution in [0.25, 0.3) is 10.9 Å². The molecule has 1 fully saturated rings. The van der Waals surface area contributed by atoms with Crippen molar-refractivity contribution in [3.8, 4) is 0 Å². The summed E-state index contributed by atoms with van der Waals surface area (Å²) in [7, 11) is 4.45. The van der Waals surface area contributed by atoms with Gasteiger partial charge in [0.15, 0.2) is 0 Å². The third-order valence-corrected chi connectivity index (χ3v) is 8.85. The zero-order valence-electron chi connectivity index (χ0n) is 20.7. The van der Waals surface area contributed by atoms with Gasteiger partial charge < -0.3 is 10.3 Å². The molecular weight excluding hydrogens is 433 g/mol. The number of para-hydroxylation sites is 1. The normalized spacial score (nSPS) is 26.3. The Morgan fingerprint density at radius 1 is 0.914 bits per heavy atom. The summed E-state index contributed by atoms with van der Waals surface area (Å²) in [5.41, 5.74) is 6.49. The van der Waals surface area contributed by atoms with E-state index >= 15 is 0 Å². The molecule has 3 aromatic carbocycles. The molecule has 1 aromatic heterocycles. The van der Waals surface area contributed by atoms with Gasteiger partial charge in [0, 0.05) is 28.7 Å². The Kier molecular flexibility index (Phi) is 5.54. The maximum absolute atomic E-state index is 13.8. The van der Waals surface area contributed by atoms with E-state index in [1.807, 2.05) is 12.1 Å². The summed E-state index contributed by atoms with van der Waals surface area (Å²) in [5, 5.41) is 5.40. The van der Waals surface area contributed by atoms with Crippen LogP contribution in [0.15, 0.2) is 78.9 Å². The van der Waals surface area contributed by atoms with Gasteiger partial charge in [-0.05, 0) is 87.0 Å². The summed E-state index contributed by atoms with van der Waals surface area (Å²) in [6.07, 6.45) is 5.10. The van der Waals surface area contributed by atoms with Gasteiger partial charge in [0.25, 0.3) is 0 Å². The first kappa shape index (κ1) is 22.5. The van der Waals surface area contributed by atoms with Gasteiger partial charge in [0.05, 0.1) is 5.54 Å². The Bertz CT molecular complexity index is 1330. The second-order valence-electron chi connectivity index (χ2n) is 10.7. The van der Waals surface area contributed by atoms with Gasteiger partial charge in [0.1, 0.15) is 5.82 Å². The second kappa shape index (κ2) is 8.61. The zero-order chi connectivity index (χ0) is 24.0. The number of H-pyrrole nitrogens is 1. The van der Waals surface area contributed by atoms with Crippen LogP contribution in [0, 0.1) is 11.7 Å². The quantitative estimate of drug-likeness (QED) is 0.377. The molecule has 0 amide bonds. The molecule has 180 valence electrons. The average Bonchev–Trinajstić information content (AvgIpc) is 3.27. The van der Waals surface area contributed by atoms with Gasteiger partial charge in [-0.25, -0.2) is 4.39 Å². The van der Waals surface area contributed by atoms with Crippen LogP contribution < -0.4 is 5.32 Å². The van der Waals surface area contributed by atoms with Crippen molar-refractivity contribution in [2.24, 2.45) is 5.92 Å². The molecule has 3 nitrogen and oxygen atoms in total. The van der Waals surface area contributed by atoms with Crippen LogP contribution in [-0.2, 0) is 23.9 Å². The van der Waals surface area contributed by atoms with E-state index in [1.54, 1.807) is 12.1 Å². The Balaban J connectivity index is 1.49. The van der Waals surface area contributed by atoms with E-state index in [2.05, 4.69) is 83.9 Å². The van der Waals surface area contributed by atoms with Crippen LogP contribution in [0.2, 0.25) is 0 Å². The lowest BCUT2D eigenvalue weighted by atomic mass is 9.59. The predicted octanol–water partition coefficient (Wildman–Crippen LogP) is 6.15. The van der Waals surface area contributed by atoms with Crippen LogP contribution in [0.1, 0.15) is 41.6 Å². The molecule has 4 heteroatoms. The third kappa shape index (κ3) is 3.62. The molecule has 1 saturated carbocycles. The Morgan fingerprint density at radius 2 is 1.66 bits per heavy atom. The first-order chi connectivity index (χ1) is 17.0. The van der Waals surface area contributed by atoms with E-state index in [-0.39, 0.29) is 16.9 Å². The summed E-state index contributed by atoms with van der Waals surface area (Å²) >= 11 is 0. The van der Waals surface area contributed by atoms with Crippen molar-refractivity contribution in [3.63, 3.8) is 0 Å². The van der Waals surface area contributed by atoms with Crippen LogP contribution in [0.5, 0.6) is 0 Å². The standard InChI is InChI=1S/C31H34FN3/c1-35(2)30(23-8-4-3-5-9-23)17-18-31(24(21-30)20-22-12-14-25(32)15-13-22)29-27(16-19-33-31)26-10-6-7-11-28(26)34-29/h3-15,24,33-34H,16-21H2,1-2H3. The smallest absolute Gasteiger partial charge is 0.123 e. The van der Waals surface area contributed by atoms with Crippen molar-refractivity contribution >= 4 is 10.9 Å². The predicted molar refractivity (Wildman–Crippen MR) is 141 cm³/mol. The fraction of sp³-hybridized carbons (Fsp3) is 0.355. The molecule has 0 saturated heterocycles. The van der Waals surface area contributed by atoms with Gasteiger partial charge in [-0.1, -0.05) is 60.7 Å². The maximum Gasteiger partial charge on any atom is 0.123 e. The largest absolute Gasteiger partial charge is 0.357 e. The number of halogens is 1. The molecule has 35 heavy (non-hydrogen) atoms. The first-order valence-corrected chi connectivity index (χ1v) is 12.8. The summed E-state index contributed by atoms with van der Waals surface area (Å²) in [6.45, 7) is 0.981. The Labute approximate surface area is 207 Å². The number of hydrogen-bond donors (Lipinski definition) is 2. The van der Waals surface area contributed by atoms with E-state index in [4.69, 9.17) is 0 Å². The van der Waals surface area contributed by atoms with Crippen molar-refractivity contribution in [3.05, 3.63) is 107 Å². The summed E-state index contributed by atoms with van der Waals surface area (Å²) < 4.78 is 13.8. The van der Waals surface area contributed by atoms with E-state index in [1.165, 1.54) is 33.3 Å². The van der Waals surface area contributed by atoms with Gasteiger partial charge in [-0.3, -0.25) is 4.90 Å². The Morgan fingerprint density at radius 3 is 2.43 bits per heavy atom. The molecule has 2 heterocycles. The number of aromatic nitrogens is 1. The molecule has 4 aromatic rings. The highest BCUT2D eigenvalue weighted by atomic mass is 19.1. The molecule has 2 aliphatic rings. The molecule has 2 N–H and O–H groups in total. The average molecular weight is 468 g/mol. The molecule has 0 radical (unpaired) electrons. The molecule has 1 aliphatic carbocycles. The molecular formula is C31H34FN3. The van der Waals surface area contributed by atoms with Gasteiger partial charge in [-0.15, -0.1) is 0 Å². The third-order valence-electron chi connectivity index (χ3n) is 8.85. The van der Waals surface area contributed by atoms with Crippen LogP contribution in [0.4, 0.5) is 4.39 Å². The van der Waals surface area contributed by atoms with E-state index < -0.39 is 0 Å². The first-order valence-electron chi connectivity index (χ1n) is 12.8. The van der Waals surface area contributed by atoms with Crippen LogP contribution >= 0.6 is 0 Å². The van der Waals surface area contributed by atoms with Gasteiger partial charge in [0.2, 0.25) is 0 Å². The van der Waals surface area contributed by atoms with Gasteiger partial charge in [-0.2, -0.15) is 0 Å². The number of hydrogen-bond acceptors (Lipinski definition) is 2. The van der Waals surface area contributed by atoms with Gasteiger partial charge >= 0.3 is 0 Å². The minimum Gasteiger partial charge on any atom is -0.357 e. The highest BCUT2D eigenvalue weighted by Gasteiger charge is 2.53. The van der Waals surface area contributed by atoms with E-state index in [0.29, 0.717) is 5.92 Å². The van der Waals surface area contributed by atoms with Crippen molar-refractivity contribution < 1.29 is 4.39 Å². The van der Waals surface area contributed by atoms with E-state index in [0.717, 1.165) is 38.6 Å². The molecule has 1 spiro atoms. The zero-order valence-corrected chi connectivity index (χ0v) is 20.7. The minimum atomic E-state index is -0.173. The lowest BCUT2D eigenvalue weighted by molar-refractivity contribution is 0.00238. The van der Waals surface area contributed by atoms with Crippen molar-refractivity contribution in [1.29, 1.82) is 0 Å². The van der Waals surface area contributed by atoms with Crippen LogP contribution in [0.3, 0.4) is 0 Å². The van der Waals surface area contributed by atoms with E-state index in [9.17, 15) is 4.39 Å². The monoisotopic (exact) mass is 467 g/mol. The molecule has 3 atom stereocenters. The molecule has 0 bridgehead atoms. The minimum absolute atomic E-state index is 0.0392. The summed E-state index contributed by atoms with van der Waals surface area (Å²) in [5.74, 6) is 0.171. The molecule has 1 aliphatic heterocycles. The number of benzene rings is 3. The topological polar surface area (TPSA) is 31.1 Å². The summed E-state index contributed by atoms with van der Waals surface area (Å²) in [4.78, 5) is 6.29. The number of rotatable bonds is 4. The maximum atomic E-state index is 13.8. The fourth-order valence-corrected chi connectivity index (χ4v) is 7.02. The lowest BCUT2D eigenvalue weighted by Crippen LogP contribution is -2.60. The fourth-order valence-electron chi connectivity index (χ4n) is 7.02. The molecule has 6 rings (SSSR count).